The summed E-state index contributed by atoms with van der Waals surface area (Å²) in [5.41, 5.74) is 2.80. The summed E-state index contributed by atoms with van der Waals surface area (Å²) in [4.78, 5) is 35.7. The van der Waals surface area contributed by atoms with Gasteiger partial charge in [-0.25, -0.2) is 4.79 Å². The standard InChI is InChI=1S/C17H19NO2S.C10H13NO2S.C3H2Cl4O2/c1-20-17(19)16-11-18(9-13-5-3-2-4-6-13)10-15(16)14-7-8-21-12-14;1-13-10(12)9-5-11-4-8(9)7-2-3-14-6-7;4-2(8)9-1-3(5,6)7/h2-8,12,15-16H,9-11H2,1H3;2-3,6,8-9,11H,4-5H2,1H3;1H2/t15-,16+;8-,9+;/m00./s1. The Morgan fingerprint density at radius 1 is 0.864 bits per heavy atom. The number of carbonyl (C=O) groups is 3. The molecule has 4 atom stereocenters. The van der Waals surface area contributed by atoms with Crippen LogP contribution in [0, 0.1) is 11.8 Å². The van der Waals surface area contributed by atoms with Crippen LogP contribution in [0.5, 0.6) is 0 Å². The highest BCUT2D eigenvalue weighted by atomic mass is 35.6. The lowest BCUT2D eigenvalue weighted by molar-refractivity contribution is -0.146. The molecule has 1 aromatic carbocycles. The lowest BCUT2D eigenvalue weighted by Gasteiger charge is -2.15. The largest absolute Gasteiger partial charge is 0.469 e. The Hall–Kier alpha value is -1.89. The molecular weight excluding hydrogens is 690 g/mol. The molecule has 0 unspecified atom stereocenters. The summed E-state index contributed by atoms with van der Waals surface area (Å²) in [6, 6.07) is 14.6. The number of rotatable bonds is 7. The smallest absolute Gasteiger partial charge is 0.403 e. The van der Waals surface area contributed by atoms with Crippen LogP contribution in [0.25, 0.3) is 0 Å². The Balaban J connectivity index is 0.000000199. The number of methoxy groups -OCH3 is 2. The van der Waals surface area contributed by atoms with Crippen molar-refractivity contribution in [3.8, 4) is 0 Å². The summed E-state index contributed by atoms with van der Waals surface area (Å²) in [6.07, 6.45) is 0. The van der Waals surface area contributed by atoms with Gasteiger partial charge >= 0.3 is 17.4 Å². The number of likely N-dealkylation sites (tertiary alicyclic amines) is 1. The van der Waals surface area contributed by atoms with E-state index in [1.807, 2.05) is 11.4 Å². The quantitative estimate of drug-likeness (QED) is 0.120. The first-order valence-electron chi connectivity index (χ1n) is 13.6. The predicted molar refractivity (Wildman–Crippen MR) is 177 cm³/mol. The second-order valence-electron chi connectivity index (χ2n) is 10.1. The van der Waals surface area contributed by atoms with Gasteiger partial charge in [0.1, 0.15) is 6.61 Å². The van der Waals surface area contributed by atoms with Gasteiger partial charge in [0.15, 0.2) is 0 Å². The summed E-state index contributed by atoms with van der Waals surface area (Å²) in [5.74, 6) is 0.247. The van der Waals surface area contributed by atoms with E-state index in [2.05, 4.69) is 67.5 Å². The minimum absolute atomic E-state index is 0.0189. The molecule has 5 rings (SSSR count). The van der Waals surface area contributed by atoms with Crippen LogP contribution >= 0.6 is 69.1 Å². The van der Waals surface area contributed by atoms with E-state index >= 15 is 0 Å². The molecule has 0 amide bonds. The normalized spacial score (nSPS) is 21.3. The van der Waals surface area contributed by atoms with Gasteiger partial charge in [-0.1, -0.05) is 65.1 Å². The third-order valence-electron chi connectivity index (χ3n) is 7.16. The van der Waals surface area contributed by atoms with Gasteiger partial charge in [-0.3, -0.25) is 14.5 Å². The third-order valence-corrected chi connectivity index (χ3v) is 9.00. The number of hydrogen-bond acceptors (Lipinski definition) is 10. The average Bonchev–Trinajstić information content (AvgIpc) is 3.83. The van der Waals surface area contributed by atoms with Crippen LogP contribution in [0.4, 0.5) is 4.79 Å². The lowest BCUT2D eigenvalue weighted by Crippen LogP contribution is -2.24. The maximum absolute atomic E-state index is 12.1. The molecule has 0 bridgehead atoms. The van der Waals surface area contributed by atoms with E-state index in [9.17, 15) is 14.4 Å². The average molecular weight is 725 g/mol. The highest BCUT2D eigenvalue weighted by molar-refractivity contribution is 7.08. The number of thiophene rings is 2. The fourth-order valence-electron chi connectivity index (χ4n) is 5.12. The predicted octanol–water partition coefficient (Wildman–Crippen LogP) is 7.09. The molecule has 2 fully saturated rings. The first-order chi connectivity index (χ1) is 21.0. The molecule has 2 aliphatic heterocycles. The van der Waals surface area contributed by atoms with E-state index in [-0.39, 0.29) is 42.2 Å². The Kier molecular flexibility index (Phi) is 15.2. The number of benzene rings is 1. The van der Waals surface area contributed by atoms with Crippen molar-refractivity contribution in [2.45, 2.75) is 22.2 Å². The molecule has 44 heavy (non-hydrogen) atoms. The van der Waals surface area contributed by atoms with Gasteiger partial charge < -0.3 is 19.5 Å². The molecule has 2 aliphatic rings. The number of alkyl halides is 3. The van der Waals surface area contributed by atoms with E-state index in [0.717, 1.165) is 32.7 Å². The summed E-state index contributed by atoms with van der Waals surface area (Å²) in [6.45, 7) is 3.83. The summed E-state index contributed by atoms with van der Waals surface area (Å²) < 4.78 is 12.3. The minimum Gasteiger partial charge on any atom is -0.469 e. The number of hydrogen-bond donors (Lipinski definition) is 1. The second kappa shape index (κ2) is 18.3. The van der Waals surface area contributed by atoms with Crippen LogP contribution in [0.3, 0.4) is 0 Å². The van der Waals surface area contributed by atoms with Crippen LogP contribution < -0.4 is 5.32 Å². The number of carbonyl (C=O) groups excluding carboxylic acids is 3. The van der Waals surface area contributed by atoms with Gasteiger partial charge in [0.25, 0.3) is 0 Å². The Labute approximate surface area is 285 Å². The molecule has 3 aromatic rings. The number of esters is 2. The maximum Gasteiger partial charge on any atom is 0.403 e. The Morgan fingerprint density at radius 3 is 1.95 bits per heavy atom. The number of halogens is 4. The van der Waals surface area contributed by atoms with Crippen molar-refractivity contribution >= 4 is 86.4 Å². The van der Waals surface area contributed by atoms with Gasteiger partial charge in [-0.2, -0.15) is 22.7 Å². The van der Waals surface area contributed by atoms with Gasteiger partial charge in [-0.15, -0.1) is 0 Å². The molecule has 8 nitrogen and oxygen atoms in total. The minimum atomic E-state index is -1.58. The van der Waals surface area contributed by atoms with E-state index in [0.29, 0.717) is 0 Å². The van der Waals surface area contributed by atoms with Crippen LogP contribution in [0.1, 0.15) is 28.5 Å². The van der Waals surface area contributed by atoms with E-state index in [1.165, 1.54) is 30.9 Å². The lowest BCUT2D eigenvalue weighted by atomic mass is 9.91. The second-order valence-corrected chi connectivity index (χ2v) is 14.4. The first-order valence-corrected chi connectivity index (χ1v) is 17.0. The highest BCUT2D eigenvalue weighted by Crippen LogP contribution is 2.35. The van der Waals surface area contributed by atoms with Crippen LogP contribution in [0.2, 0.25) is 0 Å². The molecule has 2 aromatic heterocycles. The molecule has 4 heterocycles. The number of nitrogens with one attached hydrogen (secondary N) is 1. The van der Waals surface area contributed by atoms with Crippen LogP contribution in [0.15, 0.2) is 64.0 Å². The van der Waals surface area contributed by atoms with Crippen molar-refractivity contribution in [2.24, 2.45) is 11.8 Å². The topological polar surface area (TPSA) is 94.2 Å². The molecule has 240 valence electrons. The molecule has 0 saturated carbocycles. The highest BCUT2D eigenvalue weighted by Gasteiger charge is 2.39. The van der Waals surface area contributed by atoms with Crippen molar-refractivity contribution in [1.82, 2.24) is 10.2 Å². The SMILES string of the molecule is COC(=O)[C@@H]1CN(Cc2ccccc2)C[C@H]1c1ccsc1.COC(=O)[C@@H]1CNC[C@H]1c1ccsc1.O=C(Cl)OCC(Cl)(Cl)Cl. The molecule has 0 radical (unpaired) electrons. The third kappa shape index (κ3) is 11.8. The molecule has 1 N–H and O–H groups in total. The maximum atomic E-state index is 12.1. The van der Waals surface area contributed by atoms with Crippen molar-refractivity contribution in [3.05, 3.63) is 80.7 Å². The van der Waals surface area contributed by atoms with E-state index < -0.39 is 9.22 Å². The van der Waals surface area contributed by atoms with Crippen molar-refractivity contribution in [3.63, 3.8) is 0 Å². The number of ether oxygens (including phenoxy) is 3. The summed E-state index contributed by atoms with van der Waals surface area (Å²) in [7, 11) is 2.93. The summed E-state index contributed by atoms with van der Waals surface area (Å²) in [5, 5.41) is 11.6. The summed E-state index contributed by atoms with van der Waals surface area (Å²) >= 11 is 23.6. The van der Waals surface area contributed by atoms with Crippen LogP contribution in [-0.2, 0) is 30.3 Å². The molecule has 14 heteroatoms. The number of nitrogens with zero attached hydrogens (tertiary/aromatic N) is 1. The van der Waals surface area contributed by atoms with Gasteiger partial charge in [0.2, 0.25) is 3.79 Å². The van der Waals surface area contributed by atoms with Crippen molar-refractivity contribution in [2.75, 3.05) is 47.0 Å². The molecular formula is C30H34Cl4N2O6S2. The molecule has 0 spiro atoms. The Morgan fingerprint density at radius 2 is 1.45 bits per heavy atom. The molecule has 0 aliphatic carbocycles. The zero-order valence-electron chi connectivity index (χ0n) is 24.1. The van der Waals surface area contributed by atoms with Crippen molar-refractivity contribution < 1.29 is 28.6 Å². The van der Waals surface area contributed by atoms with Crippen molar-refractivity contribution in [1.29, 1.82) is 0 Å². The van der Waals surface area contributed by atoms with Crippen LogP contribution in [-0.4, -0.2) is 73.1 Å². The fraction of sp³-hybridized carbons (Fsp3) is 0.433. The molecule has 2 saturated heterocycles. The van der Waals surface area contributed by atoms with E-state index in [4.69, 9.17) is 55.9 Å². The zero-order valence-corrected chi connectivity index (χ0v) is 28.8. The van der Waals surface area contributed by atoms with Gasteiger partial charge in [0, 0.05) is 56.2 Å². The van der Waals surface area contributed by atoms with Gasteiger partial charge in [-0.05, 0) is 50.3 Å². The Bertz CT molecular complexity index is 1290. The van der Waals surface area contributed by atoms with E-state index in [1.54, 1.807) is 22.7 Å². The van der Waals surface area contributed by atoms with Gasteiger partial charge in [0.05, 0.1) is 26.1 Å². The first kappa shape index (κ1) is 36.6. The monoisotopic (exact) mass is 722 g/mol. The zero-order chi connectivity index (χ0) is 32.1. The fourth-order valence-corrected chi connectivity index (χ4v) is 6.79.